The number of aromatic nitrogens is 1. The first-order valence-corrected chi connectivity index (χ1v) is 18.9. The molecule has 0 radical (unpaired) electrons. The third-order valence-corrected chi connectivity index (χ3v) is 10.7. The molecule has 254 valence electrons. The number of carbonyl (C=O) groups excluding carboxylic acids is 4. The van der Waals surface area contributed by atoms with Gasteiger partial charge in [-0.15, -0.1) is 6.58 Å². The van der Waals surface area contributed by atoms with Crippen LogP contribution in [0.1, 0.15) is 76.7 Å². The van der Waals surface area contributed by atoms with Gasteiger partial charge >= 0.3 is 5.97 Å². The van der Waals surface area contributed by atoms with Crippen molar-refractivity contribution < 1.29 is 37.1 Å². The number of carbonyl (C=O) groups is 4. The molecule has 5 atom stereocenters. The van der Waals surface area contributed by atoms with Crippen LogP contribution in [0.3, 0.4) is 0 Å². The van der Waals surface area contributed by atoms with Gasteiger partial charge in [0, 0.05) is 42.0 Å². The van der Waals surface area contributed by atoms with Crippen molar-refractivity contribution in [1.82, 2.24) is 9.88 Å². The number of nitrogens with zero attached hydrogens (tertiary/aromatic N) is 2. The molecule has 2 aliphatic heterocycles. The largest absolute Gasteiger partial charge is 0.472 e. The van der Waals surface area contributed by atoms with E-state index in [4.69, 9.17) is 9.47 Å². The molecule has 10 nitrogen and oxygen atoms in total. The molecule has 0 spiro atoms. The molecule has 0 unspecified atom stereocenters. The minimum absolute atomic E-state index is 0.0808. The zero-order chi connectivity index (χ0) is 33.8. The summed E-state index contributed by atoms with van der Waals surface area (Å²) in [5, 5.41) is 1.82. The second kappa shape index (κ2) is 14.7. The van der Waals surface area contributed by atoms with E-state index in [9.17, 15) is 27.6 Å². The SMILES string of the molecule is C=C[C@@H]1C[C@]1(CC(=O)[C@@H]1C[C@@H]2CN1C(=O)[C@H](CCCC)CC(=O)OCCCCCc1ccc3ccnc(c3c1)O2)C(=O)CS(C)(=O)=O. The number of ether oxygens (including phenoxy) is 2. The third kappa shape index (κ3) is 8.28. The predicted octanol–water partition coefficient (Wildman–Crippen LogP) is 4.81. The number of benzene rings is 1. The standard InChI is InChI=1S/C36H46N2O8S/c1-4-6-11-26-18-33(41)45-16-9-7-8-10-24-12-13-25-14-15-37-34(29(25)17-24)46-28-19-30(38(22-28)35(26)42)31(39)21-36(20-27(36)5-2)32(40)23-47(3,43)44/h5,12-15,17,26-28,30H,2,4,6-11,16,18-23H2,1,3H3/t26-,27-,28-,30+,36-/m1/s1. The molecule has 5 rings (SSSR count). The van der Waals surface area contributed by atoms with Crippen molar-refractivity contribution in [3.63, 3.8) is 0 Å². The lowest BCUT2D eigenvalue weighted by Gasteiger charge is -2.28. The Morgan fingerprint density at radius 3 is 2.70 bits per heavy atom. The number of hydrogen-bond acceptors (Lipinski definition) is 9. The van der Waals surface area contributed by atoms with Crippen molar-refractivity contribution >= 4 is 44.1 Å². The van der Waals surface area contributed by atoms with Gasteiger partial charge in [0.2, 0.25) is 11.8 Å². The fourth-order valence-electron chi connectivity index (χ4n) is 7.16. The van der Waals surface area contributed by atoms with E-state index < -0.39 is 50.8 Å². The van der Waals surface area contributed by atoms with Crippen LogP contribution in [0.5, 0.6) is 5.88 Å². The minimum Gasteiger partial charge on any atom is -0.472 e. The Balaban J connectivity index is 1.48. The summed E-state index contributed by atoms with van der Waals surface area (Å²) in [6.07, 6.45) is 9.37. The van der Waals surface area contributed by atoms with Gasteiger partial charge in [-0.25, -0.2) is 13.4 Å². The fraction of sp³-hybridized carbons (Fsp3) is 0.583. The number of cyclic esters (lactones) is 1. The summed E-state index contributed by atoms with van der Waals surface area (Å²) in [5.41, 5.74) is -0.0188. The Kier molecular flexibility index (Phi) is 10.8. The molecule has 0 N–H and O–H groups in total. The number of sulfone groups is 1. The number of rotatable bonds is 10. The van der Waals surface area contributed by atoms with E-state index in [2.05, 4.69) is 23.7 Å². The zero-order valence-corrected chi connectivity index (χ0v) is 28.3. The number of aryl methyl sites for hydroxylation is 1. The maximum atomic E-state index is 14.3. The van der Waals surface area contributed by atoms with Crippen LogP contribution < -0.4 is 4.74 Å². The summed E-state index contributed by atoms with van der Waals surface area (Å²) < 4.78 is 36.0. The van der Waals surface area contributed by atoms with Gasteiger partial charge in [0.05, 0.1) is 25.6 Å². The summed E-state index contributed by atoms with van der Waals surface area (Å²) in [5.74, 6) is -2.79. The first-order chi connectivity index (χ1) is 22.4. The lowest BCUT2D eigenvalue weighted by molar-refractivity contribution is -0.150. The number of amides is 1. The van der Waals surface area contributed by atoms with E-state index >= 15 is 0 Å². The minimum atomic E-state index is -3.61. The summed E-state index contributed by atoms with van der Waals surface area (Å²) in [6.45, 7) is 6.20. The number of pyridine rings is 1. The number of hydrogen-bond donors (Lipinski definition) is 0. The summed E-state index contributed by atoms with van der Waals surface area (Å²) in [4.78, 5) is 60.6. The van der Waals surface area contributed by atoms with Crippen LogP contribution in [-0.2, 0) is 40.2 Å². The molecule has 4 bridgehead atoms. The van der Waals surface area contributed by atoms with Gasteiger partial charge in [-0.1, -0.05) is 38.0 Å². The van der Waals surface area contributed by atoms with Gasteiger partial charge < -0.3 is 14.4 Å². The molecular weight excluding hydrogens is 620 g/mol. The Hall–Kier alpha value is -3.60. The average Bonchev–Trinajstić information content (AvgIpc) is 3.58. The molecule has 11 heteroatoms. The fourth-order valence-corrected chi connectivity index (χ4v) is 7.92. The highest BCUT2D eigenvalue weighted by Gasteiger charge is 2.60. The van der Waals surface area contributed by atoms with Crippen LogP contribution in [0, 0.1) is 17.3 Å². The summed E-state index contributed by atoms with van der Waals surface area (Å²) >= 11 is 0. The third-order valence-electron chi connectivity index (χ3n) is 9.89. The number of fused-ring (bicyclic) bond motifs is 3. The highest BCUT2D eigenvalue weighted by atomic mass is 32.2. The first-order valence-electron chi connectivity index (χ1n) is 16.8. The number of esters is 1. The number of unbranched alkanes of at least 4 members (excludes halogenated alkanes) is 1. The molecule has 1 aromatic heterocycles. The number of ketones is 2. The highest BCUT2D eigenvalue weighted by Crippen LogP contribution is 2.57. The van der Waals surface area contributed by atoms with Gasteiger partial charge in [-0.2, -0.15) is 0 Å². The smallest absolute Gasteiger partial charge is 0.306 e. The quantitative estimate of drug-likeness (QED) is 0.258. The van der Waals surface area contributed by atoms with Crippen molar-refractivity contribution in [2.45, 2.75) is 89.7 Å². The average molecular weight is 667 g/mol. The van der Waals surface area contributed by atoms with Gasteiger partial charge in [-0.3, -0.25) is 19.2 Å². The second-order valence-electron chi connectivity index (χ2n) is 13.6. The Bertz CT molecular complexity index is 1640. The molecular formula is C36H46N2O8S. The second-order valence-corrected chi connectivity index (χ2v) is 15.7. The Morgan fingerprint density at radius 2 is 1.98 bits per heavy atom. The summed E-state index contributed by atoms with van der Waals surface area (Å²) in [7, 11) is -3.61. The van der Waals surface area contributed by atoms with Crippen molar-refractivity contribution in [2.24, 2.45) is 17.3 Å². The van der Waals surface area contributed by atoms with Crippen molar-refractivity contribution in [1.29, 1.82) is 0 Å². The first kappa shape index (κ1) is 34.7. The van der Waals surface area contributed by atoms with E-state index in [0.29, 0.717) is 18.7 Å². The van der Waals surface area contributed by atoms with Crippen LogP contribution >= 0.6 is 0 Å². The highest BCUT2D eigenvalue weighted by molar-refractivity contribution is 7.91. The van der Waals surface area contributed by atoms with Crippen LogP contribution in [-0.4, -0.2) is 79.1 Å². The van der Waals surface area contributed by atoms with Crippen LogP contribution in [0.2, 0.25) is 0 Å². The van der Waals surface area contributed by atoms with E-state index in [1.165, 1.54) is 4.90 Å². The topological polar surface area (TPSA) is 137 Å². The maximum Gasteiger partial charge on any atom is 0.306 e. The molecule has 1 saturated heterocycles. The monoisotopic (exact) mass is 666 g/mol. The molecule has 1 aromatic carbocycles. The predicted molar refractivity (Wildman–Crippen MR) is 178 cm³/mol. The van der Waals surface area contributed by atoms with Gasteiger partial charge in [0.1, 0.15) is 11.9 Å². The number of Topliss-reactive ketones (excluding diaryl/α,β-unsaturated/α-hetero) is 2. The normalized spacial score (nSPS) is 27.1. The molecule has 1 aliphatic carbocycles. The van der Waals surface area contributed by atoms with E-state index in [-0.39, 0.29) is 50.0 Å². The summed E-state index contributed by atoms with van der Waals surface area (Å²) in [6, 6.07) is 7.20. The molecule has 2 aromatic rings. The van der Waals surface area contributed by atoms with Crippen LogP contribution in [0.25, 0.3) is 10.8 Å². The Morgan fingerprint density at radius 1 is 1.17 bits per heavy atom. The van der Waals surface area contributed by atoms with Gasteiger partial charge in [0.15, 0.2) is 21.4 Å². The molecule has 1 amide bonds. The van der Waals surface area contributed by atoms with E-state index in [0.717, 1.165) is 61.1 Å². The molecule has 1 saturated carbocycles. The molecule has 3 aliphatic rings. The Labute approximate surface area is 277 Å². The molecule has 47 heavy (non-hydrogen) atoms. The van der Waals surface area contributed by atoms with E-state index in [1.807, 2.05) is 19.1 Å². The van der Waals surface area contributed by atoms with Crippen molar-refractivity contribution in [3.05, 3.63) is 48.7 Å². The van der Waals surface area contributed by atoms with Crippen LogP contribution in [0.4, 0.5) is 0 Å². The molecule has 3 heterocycles. The van der Waals surface area contributed by atoms with Crippen molar-refractivity contribution in [2.75, 3.05) is 25.2 Å². The maximum absolute atomic E-state index is 14.3. The molecule has 2 fully saturated rings. The van der Waals surface area contributed by atoms with Gasteiger partial charge in [-0.05, 0) is 67.5 Å². The van der Waals surface area contributed by atoms with Crippen LogP contribution in [0.15, 0.2) is 43.1 Å². The number of allylic oxidation sites excluding steroid dienone is 1. The lowest BCUT2D eigenvalue weighted by atomic mass is 9.88. The van der Waals surface area contributed by atoms with Crippen molar-refractivity contribution in [3.8, 4) is 5.88 Å². The lowest BCUT2D eigenvalue weighted by Crippen LogP contribution is -2.45. The van der Waals surface area contributed by atoms with E-state index in [1.54, 1.807) is 12.3 Å². The zero-order valence-electron chi connectivity index (χ0n) is 27.4. The van der Waals surface area contributed by atoms with Gasteiger partial charge in [0.25, 0.3) is 0 Å².